The lowest BCUT2D eigenvalue weighted by atomic mass is 10.0. The summed E-state index contributed by atoms with van der Waals surface area (Å²) in [5.41, 5.74) is 3.63. The minimum absolute atomic E-state index is 0.134. The average Bonchev–Trinajstić information content (AvgIpc) is 3.32. The number of carbonyl (C=O) groups excluding carboxylic acids is 1. The fourth-order valence-electron chi connectivity index (χ4n) is 4.17. The number of phosphoric acid groups is 1. The largest absolute Gasteiger partial charge is 0.497 e. The quantitative estimate of drug-likeness (QED) is 0.113. The zero-order chi connectivity index (χ0) is 28.9. The zero-order valence-electron chi connectivity index (χ0n) is 22.6. The molecule has 12 heteroatoms. The number of anilines is 1. The number of fused-ring (bicyclic) bond motifs is 1. The molecule has 4 aromatic rings. The summed E-state index contributed by atoms with van der Waals surface area (Å²) in [6.07, 6.45) is 5.13. The van der Waals surface area contributed by atoms with Crippen LogP contribution in [0, 0.1) is 5.95 Å². The summed E-state index contributed by atoms with van der Waals surface area (Å²) in [6.45, 7) is 8.83. The van der Waals surface area contributed by atoms with E-state index in [2.05, 4.69) is 21.9 Å². The average molecular weight is 569 g/mol. The maximum absolute atomic E-state index is 14.1. The van der Waals surface area contributed by atoms with E-state index in [9.17, 15) is 13.8 Å². The molecule has 3 aromatic heterocycles. The Hall–Kier alpha value is -3.89. The van der Waals surface area contributed by atoms with Gasteiger partial charge >= 0.3 is 7.82 Å². The third-order valence-electron chi connectivity index (χ3n) is 5.88. The molecule has 10 nitrogen and oxygen atoms in total. The second-order valence-corrected chi connectivity index (χ2v) is 10.2. The van der Waals surface area contributed by atoms with Crippen molar-refractivity contribution in [3.8, 4) is 28.0 Å². The Kier molecular flexibility index (Phi) is 9.11. The SMILES string of the molecule is C=CC(=O)Nc1cc(OC)cc(-c2cnc3c(c2)c(-c2ccnc(F)c2)cn3C(C)OP(=O)(OCC)OCC)c1. The van der Waals surface area contributed by atoms with Gasteiger partial charge in [-0.1, -0.05) is 6.58 Å². The van der Waals surface area contributed by atoms with Crippen LogP contribution in [0.15, 0.2) is 67.6 Å². The lowest BCUT2D eigenvalue weighted by Crippen LogP contribution is -2.10. The number of phosphoric ester groups is 1. The fraction of sp³-hybridized carbons (Fsp3) is 0.250. The summed E-state index contributed by atoms with van der Waals surface area (Å²) in [5, 5.41) is 3.41. The molecule has 4 rings (SSSR count). The number of methoxy groups -OCH3 is 1. The van der Waals surface area contributed by atoms with Crippen LogP contribution in [-0.4, -0.2) is 40.8 Å². The molecule has 40 heavy (non-hydrogen) atoms. The van der Waals surface area contributed by atoms with Gasteiger partial charge in [-0.2, -0.15) is 4.39 Å². The second-order valence-electron chi connectivity index (χ2n) is 8.54. The Morgan fingerprint density at radius 3 is 2.52 bits per heavy atom. The smallest absolute Gasteiger partial charge is 0.476 e. The van der Waals surface area contributed by atoms with E-state index < -0.39 is 20.0 Å². The number of rotatable bonds is 12. The van der Waals surface area contributed by atoms with Gasteiger partial charge in [0.15, 0.2) is 0 Å². The highest BCUT2D eigenvalue weighted by molar-refractivity contribution is 7.48. The normalized spacial score (nSPS) is 12.3. The van der Waals surface area contributed by atoms with E-state index in [0.717, 1.165) is 0 Å². The van der Waals surface area contributed by atoms with E-state index in [-0.39, 0.29) is 19.1 Å². The summed E-state index contributed by atoms with van der Waals surface area (Å²) in [5.74, 6) is -0.479. The van der Waals surface area contributed by atoms with E-state index in [1.54, 1.807) is 62.0 Å². The van der Waals surface area contributed by atoms with Crippen LogP contribution in [0.3, 0.4) is 0 Å². The Morgan fingerprint density at radius 1 is 1.12 bits per heavy atom. The lowest BCUT2D eigenvalue weighted by Gasteiger charge is -2.22. The van der Waals surface area contributed by atoms with Crippen LogP contribution in [0.4, 0.5) is 10.1 Å². The molecule has 0 aliphatic rings. The van der Waals surface area contributed by atoms with Crippen molar-refractivity contribution in [2.24, 2.45) is 0 Å². The molecule has 0 saturated carbocycles. The van der Waals surface area contributed by atoms with Gasteiger partial charge in [-0.3, -0.25) is 18.4 Å². The Morgan fingerprint density at radius 2 is 1.88 bits per heavy atom. The molecular formula is C28H30FN4O6P. The van der Waals surface area contributed by atoms with Crippen LogP contribution < -0.4 is 10.1 Å². The standard InChI is InChI=1S/C28H30FN4O6P/c1-6-27(34)32-22-11-20(12-23(15-22)36-5)21-13-24-25(19-9-10-30-26(29)14-19)17-33(28(24)31-16-21)18(4)39-40(35,37-7-2)38-8-3/h6,9-18H,1,7-8H2,2-5H3,(H,32,34). The third-order valence-corrected chi connectivity index (χ3v) is 7.60. The number of benzene rings is 1. The van der Waals surface area contributed by atoms with Gasteiger partial charge in [-0.25, -0.2) is 14.5 Å². The van der Waals surface area contributed by atoms with Crippen LogP contribution in [0.1, 0.15) is 27.0 Å². The van der Waals surface area contributed by atoms with E-state index in [1.807, 2.05) is 6.07 Å². The number of amides is 1. The topological polar surface area (TPSA) is 114 Å². The van der Waals surface area contributed by atoms with Gasteiger partial charge in [0, 0.05) is 52.9 Å². The minimum atomic E-state index is -3.85. The van der Waals surface area contributed by atoms with Gasteiger partial charge in [0.1, 0.15) is 17.6 Å². The van der Waals surface area contributed by atoms with Crippen molar-refractivity contribution >= 4 is 30.5 Å². The minimum Gasteiger partial charge on any atom is -0.497 e. The third kappa shape index (κ3) is 6.46. The zero-order valence-corrected chi connectivity index (χ0v) is 23.5. The number of aromatic nitrogens is 3. The highest BCUT2D eigenvalue weighted by Crippen LogP contribution is 2.52. The highest BCUT2D eigenvalue weighted by Gasteiger charge is 2.30. The van der Waals surface area contributed by atoms with Gasteiger partial charge in [0.25, 0.3) is 0 Å². The van der Waals surface area contributed by atoms with Crippen molar-refractivity contribution in [2.75, 3.05) is 25.6 Å². The lowest BCUT2D eigenvalue weighted by molar-refractivity contribution is -0.111. The maximum Gasteiger partial charge on any atom is 0.476 e. The van der Waals surface area contributed by atoms with Crippen molar-refractivity contribution in [1.29, 1.82) is 0 Å². The molecule has 0 radical (unpaired) electrons. The van der Waals surface area contributed by atoms with Crippen LogP contribution >= 0.6 is 7.82 Å². The number of hydrogen-bond donors (Lipinski definition) is 1. The van der Waals surface area contributed by atoms with Crippen LogP contribution in [0.5, 0.6) is 5.75 Å². The van der Waals surface area contributed by atoms with Gasteiger partial charge < -0.3 is 14.6 Å². The molecular weight excluding hydrogens is 538 g/mol. The molecule has 0 fully saturated rings. The van der Waals surface area contributed by atoms with Crippen molar-refractivity contribution in [2.45, 2.75) is 27.0 Å². The number of halogens is 1. The molecule has 0 bridgehead atoms. The van der Waals surface area contributed by atoms with Crippen LogP contribution in [-0.2, 0) is 22.9 Å². The molecule has 1 unspecified atom stereocenters. The molecule has 1 N–H and O–H groups in total. The summed E-state index contributed by atoms with van der Waals surface area (Å²) in [6, 6.07) is 10.2. The van der Waals surface area contributed by atoms with Crippen LogP contribution in [0.2, 0.25) is 0 Å². The molecule has 210 valence electrons. The predicted octanol–water partition coefficient (Wildman–Crippen LogP) is 6.75. The number of ether oxygens (including phenoxy) is 1. The van der Waals surface area contributed by atoms with E-state index in [1.165, 1.54) is 25.4 Å². The number of nitrogens with one attached hydrogen (secondary N) is 1. The van der Waals surface area contributed by atoms with E-state index in [4.69, 9.17) is 18.3 Å². The molecule has 0 spiro atoms. The van der Waals surface area contributed by atoms with Crippen molar-refractivity contribution in [1.82, 2.24) is 14.5 Å². The summed E-state index contributed by atoms with van der Waals surface area (Å²) in [4.78, 5) is 20.3. The first-order valence-electron chi connectivity index (χ1n) is 12.5. The molecule has 3 heterocycles. The molecule has 1 aromatic carbocycles. The molecule has 0 aliphatic heterocycles. The van der Waals surface area contributed by atoms with E-state index in [0.29, 0.717) is 44.7 Å². The van der Waals surface area contributed by atoms with E-state index >= 15 is 0 Å². The number of pyridine rings is 2. The van der Waals surface area contributed by atoms with Gasteiger partial charge in [-0.05, 0) is 62.2 Å². The van der Waals surface area contributed by atoms with Crippen molar-refractivity contribution in [3.63, 3.8) is 0 Å². The maximum atomic E-state index is 14.1. The molecule has 0 saturated heterocycles. The number of carbonyl (C=O) groups is 1. The first-order valence-corrected chi connectivity index (χ1v) is 14.0. The second kappa shape index (κ2) is 12.5. The molecule has 0 aliphatic carbocycles. The Labute approximate surface area is 231 Å². The summed E-state index contributed by atoms with van der Waals surface area (Å²) in [7, 11) is -2.32. The fourth-order valence-corrected chi connectivity index (χ4v) is 5.47. The number of hydrogen-bond acceptors (Lipinski definition) is 8. The molecule has 1 atom stereocenters. The van der Waals surface area contributed by atoms with Crippen molar-refractivity contribution < 1.29 is 32.1 Å². The first-order chi connectivity index (χ1) is 19.2. The highest BCUT2D eigenvalue weighted by atomic mass is 31.2. The molecule has 1 amide bonds. The monoisotopic (exact) mass is 568 g/mol. The van der Waals surface area contributed by atoms with Gasteiger partial charge in [-0.15, -0.1) is 0 Å². The Bertz CT molecular complexity index is 1580. The number of nitrogens with zero attached hydrogens (tertiary/aromatic N) is 3. The summed E-state index contributed by atoms with van der Waals surface area (Å²) >= 11 is 0. The Balaban J connectivity index is 1.86. The van der Waals surface area contributed by atoms with Gasteiger partial charge in [0.2, 0.25) is 11.9 Å². The van der Waals surface area contributed by atoms with Crippen molar-refractivity contribution in [3.05, 3.63) is 73.6 Å². The predicted molar refractivity (Wildman–Crippen MR) is 150 cm³/mol. The summed E-state index contributed by atoms with van der Waals surface area (Å²) < 4.78 is 50.7. The first kappa shape index (κ1) is 29.1. The van der Waals surface area contributed by atoms with Crippen LogP contribution in [0.25, 0.3) is 33.3 Å². The van der Waals surface area contributed by atoms with Gasteiger partial charge in [0.05, 0.1) is 20.3 Å².